The van der Waals surface area contributed by atoms with Crippen molar-refractivity contribution < 1.29 is 4.74 Å². The summed E-state index contributed by atoms with van der Waals surface area (Å²) < 4.78 is 5.40. The molecule has 0 saturated heterocycles. The molecular weight excluding hydrogens is 212 g/mol. The highest BCUT2D eigenvalue weighted by molar-refractivity contribution is 5.27. The standard InChI is InChI=1S/C14H24N2O/c1-3-17-14-6-4-13(5-7-14)11-16-9-8-12(2)10-15/h4-7,12,16H,3,8-11,15H2,1-2H3. The Kier molecular flexibility index (Phi) is 6.67. The Bertz CT molecular complexity index is 298. The number of nitrogens with one attached hydrogen (secondary N) is 1. The van der Waals surface area contributed by atoms with E-state index in [-0.39, 0.29) is 0 Å². The van der Waals surface area contributed by atoms with E-state index >= 15 is 0 Å². The lowest BCUT2D eigenvalue weighted by Crippen LogP contribution is -2.20. The van der Waals surface area contributed by atoms with Gasteiger partial charge in [-0.2, -0.15) is 0 Å². The van der Waals surface area contributed by atoms with E-state index in [1.807, 2.05) is 19.1 Å². The molecule has 0 radical (unpaired) electrons. The van der Waals surface area contributed by atoms with Crippen molar-refractivity contribution in [2.45, 2.75) is 26.8 Å². The van der Waals surface area contributed by atoms with Crippen molar-refractivity contribution in [3.8, 4) is 5.75 Å². The van der Waals surface area contributed by atoms with E-state index < -0.39 is 0 Å². The molecule has 3 nitrogen and oxygen atoms in total. The van der Waals surface area contributed by atoms with E-state index in [4.69, 9.17) is 10.5 Å². The molecule has 1 aromatic carbocycles. The molecule has 1 unspecified atom stereocenters. The molecule has 96 valence electrons. The van der Waals surface area contributed by atoms with Crippen LogP contribution in [0.25, 0.3) is 0 Å². The predicted molar refractivity (Wildman–Crippen MR) is 72.2 cm³/mol. The average Bonchev–Trinajstić information content (AvgIpc) is 2.36. The Morgan fingerprint density at radius 1 is 1.29 bits per heavy atom. The van der Waals surface area contributed by atoms with Crippen molar-refractivity contribution in [2.24, 2.45) is 11.7 Å². The quantitative estimate of drug-likeness (QED) is 0.680. The molecule has 0 saturated carbocycles. The summed E-state index contributed by atoms with van der Waals surface area (Å²) in [4.78, 5) is 0. The van der Waals surface area contributed by atoms with Crippen LogP contribution in [0.4, 0.5) is 0 Å². The summed E-state index contributed by atoms with van der Waals surface area (Å²) in [6.45, 7) is 7.58. The minimum atomic E-state index is 0.600. The van der Waals surface area contributed by atoms with Crippen LogP contribution in [0.15, 0.2) is 24.3 Å². The zero-order valence-corrected chi connectivity index (χ0v) is 10.9. The third kappa shape index (κ3) is 5.71. The average molecular weight is 236 g/mol. The van der Waals surface area contributed by atoms with Crippen LogP contribution in [0, 0.1) is 5.92 Å². The number of rotatable bonds is 8. The summed E-state index contributed by atoms with van der Waals surface area (Å²) >= 11 is 0. The molecule has 0 heterocycles. The van der Waals surface area contributed by atoms with Gasteiger partial charge in [-0.15, -0.1) is 0 Å². The second kappa shape index (κ2) is 8.09. The van der Waals surface area contributed by atoms with Gasteiger partial charge in [-0.1, -0.05) is 19.1 Å². The molecule has 0 aliphatic heterocycles. The largest absolute Gasteiger partial charge is 0.494 e. The molecule has 0 spiro atoms. The van der Waals surface area contributed by atoms with Crippen LogP contribution >= 0.6 is 0 Å². The summed E-state index contributed by atoms with van der Waals surface area (Å²) in [5.74, 6) is 1.54. The number of nitrogens with two attached hydrogens (primary N) is 1. The molecule has 0 bridgehead atoms. The molecule has 1 aromatic rings. The fourth-order valence-electron chi connectivity index (χ4n) is 1.57. The summed E-state index contributed by atoms with van der Waals surface area (Å²) in [6, 6.07) is 8.24. The van der Waals surface area contributed by atoms with Crippen LogP contribution in [0.3, 0.4) is 0 Å². The predicted octanol–water partition coefficient (Wildman–Crippen LogP) is 2.16. The lowest BCUT2D eigenvalue weighted by molar-refractivity contribution is 0.340. The summed E-state index contributed by atoms with van der Waals surface area (Å²) in [5, 5.41) is 3.42. The lowest BCUT2D eigenvalue weighted by Gasteiger charge is -2.09. The number of hydrogen-bond donors (Lipinski definition) is 2. The van der Waals surface area contributed by atoms with Gasteiger partial charge in [-0.25, -0.2) is 0 Å². The summed E-state index contributed by atoms with van der Waals surface area (Å²) in [7, 11) is 0. The lowest BCUT2D eigenvalue weighted by atomic mass is 10.1. The fourth-order valence-corrected chi connectivity index (χ4v) is 1.57. The van der Waals surface area contributed by atoms with Gasteiger partial charge in [0.05, 0.1) is 6.61 Å². The monoisotopic (exact) mass is 236 g/mol. The molecule has 3 heteroatoms. The fraction of sp³-hybridized carbons (Fsp3) is 0.571. The van der Waals surface area contributed by atoms with Crippen molar-refractivity contribution in [2.75, 3.05) is 19.7 Å². The second-order valence-electron chi connectivity index (χ2n) is 4.38. The molecule has 3 N–H and O–H groups in total. The van der Waals surface area contributed by atoms with E-state index in [1.165, 1.54) is 5.56 Å². The normalized spacial score (nSPS) is 12.4. The first-order valence-electron chi connectivity index (χ1n) is 6.38. The van der Waals surface area contributed by atoms with Gasteiger partial charge in [0.1, 0.15) is 5.75 Å². The van der Waals surface area contributed by atoms with E-state index in [9.17, 15) is 0 Å². The van der Waals surface area contributed by atoms with Crippen LogP contribution in [0.5, 0.6) is 5.75 Å². The van der Waals surface area contributed by atoms with E-state index in [2.05, 4.69) is 24.4 Å². The second-order valence-corrected chi connectivity index (χ2v) is 4.38. The highest BCUT2D eigenvalue weighted by atomic mass is 16.5. The molecule has 0 aliphatic carbocycles. The number of benzene rings is 1. The summed E-state index contributed by atoms with van der Waals surface area (Å²) in [6.07, 6.45) is 1.13. The van der Waals surface area contributed by atoms with Gasteiger partial charge in [0, 0.05) is 6.54 Å². The topological polar surface area (TPSA) is 47.3 Å². The maximum Gasteiger partial charge on any atom is 0.119 e. The van der Waals surface area contributed by atoms with E-state index in [0.29, 0.717) is 12.5 Å². The van der Waals surface area contributed by atoms with Crippen molar-refractivity contribution in [1.82, 2.24) is 5.32 Å². The molecule has 1 atom stereocenters. The van der Waals surface area contributed by atoms with Gasteiger partial charge in [0.15, 0.2) is 0 Å². The Morgan fingerprint density at radius 3 is 2.59 bits per heavy atom. The van der Waals surface area contributed by atoms with Gasteiger partial charge in [-0.3, -0.25) is 0 Å². The van der Waals surface area contributed by atoms with E-state index in [1.54, 1.807) is 0 Å². The highest BCUT2D eigenvalue weighted by Gasteiger charge is 1.98. The molecule has 0 aromatic heterocycles. The Labute approximate surface area is 104 Å². The van der Waals surface area contributed by atoms with Crippen LogP contribution < -0.4 is 15.8 Å². The Balaban J connectivity index is 2.23. The minimum absolute atomic E-state index is 0.600. The number of ether oxygens (including phenoxy) is 1. The number of hydrogen-bond acceptors (Lipinski definition) is 3. The Hall–Kier alpha value is -1.06. The van der Waals surface area contributed by atoms with Crippen LogP contribution in [0.2, 0.25) is 0 Å². The van der Waals surface area contributed by atoms with Crippen molar-refractivity contribution in [1.29, 1.82) is 0 Å². The molecule has 0 amide bonds. The Morgan fingerprint density at radius 2 is 2.00 bits per heavy atom. The first kappa shape index (κ1) is 14.0. The smallest absolute Gasteiger partial charge is 0.119 e. The van der Waals surface area contributed by atoms with Gasteiger partial charge in [-0.05, 0) is 50.0 Å². The van der Waals surface area contributed by atoms with E-state index in [0.717, 1.165) is 31.8 Å². The molecule has 0 aliphatic rings. The third-order valence-electron chi connectivity index (χ3n) is 2.78. The molecule has 17 heavy (non-hydrogen) atoms. The first-order valence-corrected chi connectivity index (χ1v) is 6.38. The maximum atomic E-state index is 5.57. The van der Waals surface area contributed by atoms with Crippen molar-refractivity contribution in [3.63, 3.8) is 0 Å². The molecule has 0 fully saturated rings. The first-order chi connectivity index (χ1) is 8.26. The van der Waals surface area contributed by atoms with Crippen LogP contribution in [0.1, 0.15) is 25.8 Å². The van der Waals surface area contributed by atoms with Gasteiger partial charge in [0.2, 0.25) is 0 Å². The minimum Gasteiger partial charge on any atom is -0.494 e. The zero-order chi connectivity index (χ0) is 12.5. The van der Waals surface area contributed by atoms with Crippen molar-refractivity contribution in [3.05, 3.63) is 29.8 Å². The van der Waals surface area contributed by atoms with Crippen LogP contribution in [-0.4, -0.2) is 19.7 Å². The maximum absolute atomic E-state index is 5.57. The van der Waals surface area contributed by atoms with Gasteiger partial charge in [0.25, 0.3) is 0 Å². The van der Waals surface area contributed by atoms with Gasteiger partial charge < -0.3 is 15.8 Å². The molecular formula is C14H24N2O. The van der Waals surface area contributed by atoms with Gasteiger partial charge >= 0.3 is 0 Å². The summed E-state index contributed by atoms with van der Waals surface area (Å²) in [5.41, 5.74) is 6.85. The zero-order valence-electron chi connectivity index (χ0n) is 10.9. The SMILES string of the molecule is CCOc1ccc(CNCCC(C)CN)cc1. The molecule has 1 rings (SSSR count). The van der Waals surface area contributed by atoms with Crippen molar-refractivity contribution >= 4 is 0 Å². The van der Waals surface area contributed by atoms with Crippen LogP contribution in [-0.2, 0) is 6.54 Å². The third-order valence-corrected chi connectivity index (χ3v) is 2.78. The highest BCUT2D eigenvalue weighted by Crippen LogP contribution is 2.11.